The van der Waals surface area contributed by atoms with Crippen molar-refractivity contribution in [1.82, 2.24) is 4.90 Å². The van der Waals surface area contributed by atoms with Gasteiger partial charge in [0.05, 0.1) is 6.42 Å². The maximum absolute atomic E-state index is 11.7. The van der Waals surface area contributed by atoms with Crippen LogP contribution in [0, 0.1) is 0 Å². The van der Waals surface area contributed by atoms with Crippen LogP contribution >= 0.6 is 11.3 Å². The minimum absolute atomic E-state index is 0.0136. The lowest BCUT2D eigenvalue weighted by Gasteiger charge is -2.31. The van der Waals surface area contributed by atoms with Gasteiger partial charge in [-0.2, -0.15) is 0 Å². The van der Waals surface area contributed by atoms with Gasteiger partial charge in [-0.1, -0.05) is 6.07 Å². The van der Waals surface area contributed by atoms with E-state index in [1.807, 2.05) is 23.3 Å². The molecule has 0 saturated carbocycles. The Kier molecular flexibility index (Phi) is 3.39. The van der Waals surface area contributed by atoms with Gasteiger partial charge in [-0.25, -0.2) is 0 Å². The molecule has 0 aromatic carbocycles. The molecular formula is C12H15NO2S. The van der Waals surface area contributed by atoms with E-state index in [1.165, 1.54) is 4.88 Å². The highest BCUT2D eigenvalue weighted by Gasteiger charge is 2.27. The van der Waals surface area contributed by atoms with Crippen LogP contribution in [0.3, 0.4) is 0 Å². The Morgan fingerprint density at radius 3 is 2.94 bits per heavy atom. The van der Waals surface area contributed by atoms with Crippen molar-refractivity contribution < 1.29 is 9.59 Å². The zero-order valence-corrected chi connectivity index (χ0v) is 10.1. The maximum atomic E-state index is 11.7. The molecule has 0 bridgehead atoms. The van der Waals surface area contributed by atoms with Crippen LogP contribution in [0.1, 0.15) is 24.6 Å². The third-order valence-corrected chi connectivity index (χ3v) is 3.81. The van der Waals surface area contributed by atoms with E-state index in [-0.39, 0.29) is 24.2 Å². The number of hydrogen-bond acceptors (Lipinski definition) is 3. The zero-order chi connectivity index (χ0) is 11.5. The maximum Gasteiger partial charge on any atom is 0.230 e. The van der Waals surface area contributed by atoms with Gasteiger partial charge in [0.2, 0.25) is 5.91 Å². The van der Waals surface area contributed by atoms with Crippen molar-refractivity contribution in [1.29, 1.82) is 0 Å². The highest BCUT2D eigenvalue weighted by atomic mass is 32.1. The molecule has 2 rings (SSSR count). The average molecular weight is 237 g/mol. The second kappa shape index (κ2) is 4.78. The van der Waals surface area contributed by atoms with Gasteiger partial charge >= 0.3 is 0 Å². The molecule has 1 aliphatic rings. The number of carbonyl (C=O) groups is 2. The van der Waals surface area contributed by atoms with Gasteiger partial charge in [0.1, 0.15) is 5.78 Å². The van der Waals surface area contributed by atoms with Crippen molar-refractivity contribution in [2.75, 3.05) is 6.54 Å². The summed E-state index contributed by atoms with van der Waals surface area (Å²) in [4.78, 5) is 25.9. The lowest BCUT2D eigenvalue weighted by molar-refractivity contribution is -0.141. The van der Waals surface area contributed by atoms with E-state index in [9.17, 15) is 9.59 Å². The number of nitrogens with zero attached hydrogens (tertiary/aromatic N) is 1. The van der Waals surface area contributed by atoms with Gasteiger partial charge in [0.15, 0.2) is 0 Å². The van der Waals surface area contributed by atoms with Crippen LogP contribution in [-0.4, -0.2) is 29.2 Å². The van der Waals surface area contributed by atoms with Crippen molar-refractivity contribution in [2.45, 2.75) is 32.2 Å². The first kappa shape index (κ1) is 11.3. The molecule has 1 amide bonds. The Balaban J connectivity index is 1.96. The summed E-state index contributed by atoms with van der Waals surface area (Å²) in [7, 11) is 0. The van der Waals surface area contributed by atoms with Crippen molar-refractivity contribution >= 4 is 23.0 Å². The first-order valence-electron chi connectivity index (χ1n) is 5.50. The van der Waals surface area contributed by atoms with Crippen molar-refractivity contribution in [3.05, 3.63) is 22.4 Å². The van der Waals surface area contributed by atoms with Gasteiger partial charge in [0.25, 0.3) is 0 Å². The van der Waals surface area contributed by atoms with E-state index < -0.39 is 0 Å². The topological polar surface area (TPSA) is 37.4 Å². The summed E-state index contributed by atoms with van der Waals surface area (Å²) in [6.07, 6.45) is 1.49. The molecule has 1 aromatic rings. The summed E-state index contributed by atoms with van der Waals surface area (Å²) < 4.78 is 0. The monoisotopic (exact) mass is 237 g/mol. The average Bonchev–Trinajstić information content (AvgIpc) is 2.70. The second-order valence-electron chi connectivity index (χ2n) is 4.19. The predicted molar refractivity (Wildman–Crippen MR) is 63.4 cm³/mol. The van der Waals surface area contributed by atoms with E-state index in [0.717, 1.165) is 6.42 Å². The SMILES string of the molecule is CC(Cc1cccs1)N1CCC(=O)CC1=O. The number of rotatable bonds is 3. The smallest absolute Gasteiger partial charge is 0.230 e. The van der Waals surface area contributed by atoms with Crippen LogP contribution in [0.25, 0.3) is 0 Å². The second-order valence-corrected chi connectivity index (χ2v) is 5.22. The summed E-state index contributed by atoms with van der Waals surface area (Å²) in [5.74, 6) is 0.0601. The molecule has 0 radical (unpaired) electrons. The summed E-state index contributed by atoms with van der Waals surface area (Å²) in [5, 5.41) is 2.05. The number of piperidine rings is 1. The molecule has 16 heavy (non-hydrogen) atoms. The molecule has 0 aliphatic carbocycles. The molecule has 4 heteroatoms. The molecule has 1 aliphatic heterocycles. The van der Waals surface area contributed by atoms with Crippen LogP contribution in [0.2, 0.25) is 0 Å². The zero-order valence-electron chi connectivity index (χ0n) is 9.31. The fourth-order valence-electron chi connectivity index (χ4n) is 2.02. The Morgan fingerprint density at radius 2 is 2.31 bits per heavy atom. The molecule has 1 atom stereocenters. The number of hydrogen-bond donors (Lipinski definition) is 0. The van der Waals surface area contributed by atoms with Crippen LogP contribution in [0.15, 0.2) is 17.5 Å². The fraction of sp³-hybridized carbons (Fsp3) is 0.500. The summed E-state index contributed by atoms with van der Waals surface area (Å²) in [6, 6.07) is 4.30. The van der Waals surface area contributed by atoms with Crippen molar-refractivity contribution in [3.63, 3.8) is 0 Å². The van der Waals surface area contributed by atoms with Gasteiger partial charge in [0, 0.05) is 30.3 Å². The molecule has 2 heterocycles. The van der Waals surface area contributed by atoms with Gasteiger partial charge < -0.3 is 4.90 Å². The molecule has 0 N–H and O–H groups in total. The number of carbonyl (C=O) groups excluding carboxylic acids is 2. The molecule has 1 saturated heterocycles. The van der Waals surface area contributed by atoms with Gasteiger partial charge in [-0.05, 0) is 18.4 Å². The largest absolute Gasteiger partial charge is 0.339 e. The highest BCUT2D eigenvalue weighted by molar-refractivity contribution is 7.09. The van der Waals surface area contributed by atoms with Gasteiger partial charge in [-0.3, -0.25) is 9.59 Å². The Labute approximate surface area is 99.1 Å². The molecule has 1 aromatic heterocycles. The standard InChI is InChI=1S/C12H15NO2S/c1-9(7-11-3-2-6-16-11)13-5-4-10(14)8-12(13)15/h2-3,6,9H,4-5,7-8H2,1H3. The number of likely N-dealkylation sites (tertiary alicyclic amines) is 1. The lowest BCUT2D eigenvalue weighted by atomic mass is 10.1. The number of thiophene rings is 1. The van der Waals surface area contributed by atoms with Crippen LogP contribution in [0.5, 0.6) is 0 Å². The molecule has 86 valence electrons. The Morgan fingerprint density at radius 1 is 1.50 bits per heavy atom. The van der Waals surface area contributed by atoms with E-state index >= 15 is 0 Å². The quantitative estimate of drug-likeness (QED) is 0.753. The normalized spacial score (nSPS) is 18.9. The van der Waals surface area contributed by atoms with Crippen LogP contribution < -0.4 is 0 Å². The summed E-state index contributed by atoms with van der Waals surface area (Å²) in [5.41, 5.74) is 0. The minimum Gasteiger partial charge on any atom is -0.339 e. The third-order valence-electron chi connectivity index (χ3n) is 2.91. The summed E-state index contributed by atoms with van der Waals surface area (Å²) >= 11 is 1.71. The fourth-order valence-corrected chi connectivity index (χ4v) is 2.85. The number of amides is 1. The van der Waals surface area contributed by atoms with E-state index in [1.54, 1.807) is 11.3 Å². The Bertz CT molecular complexity index is 386. The van der Waals surface area contributed by atoms with E-state index in [2.05, 4.69) is 6.07 Å². The third kappa shape index (κ3) is 2.50. The minimum atomic E-state index is -0.0136. The van der Waals surface area contributed by atoms with Crippen molar-refractivity contribution in [2.24, 2.45) is 0 Å². The lowest BCUT2D eigenvalue weighted by Crippen LogP contribution is -2.45. The van der Waals surface area contributed by atoms with Crippen LogP contribution in [0.4, 0.5) is 0 Å². The highest BCUT2D eigenvalue weighted by Crippen LogP contribution is 2.17. The van der Waals surface area contributed by atoms with E-state index in [4.69, 9.17) is 0 Å². The van der Waals surface area contributed by atoms with Crippen LogP contribution in [-0.2, 0) is 16.0 Å². The summed E-state index contributed by atoms with van der Waals surface area (Å²) in [6.45, 7) is 2.64. The number of ketones is 1. The van der Waals surface area contributed by atoms with E-state index in [0.29, 0.717) is 13.0 Å². The first-order chi connectivity index (χ1) is 7.66. The molecule has 1 fully saturated rings. The number of Topliss-reactive ketones (excluding diaryl/α,β-unsaturated/α-hetero) is 1. The predicted octanol–water partition coefficient (Wildman–Crippen LogP) is 1.87. The molecule has 3 nitrogen and oxygen atoms in total. The molecule has 0 spiro atoms. The molecular weight excluding hydrogens is 222 g/mol. The van der Waals surface area contributed by atoms with Crippen molar-refractivity contribution in [3.8, 4) is 0 Å². The van der Waals surface area contributed by atoms with Gasteiger partial charge in [-0.15, -0.1) is 11.3 Å². The first-order valence-corrected chi connectivity index (χ1v) is 6.38. The Hall–Kier alpha value is -1.16. The molecule has 1 unspecified atom stereocenters.